The highest BCUT2D eigenvalue weighted by Gasteiger charge is 2.31. The van der Waals surface area contributed by atoms with Crippen LogP contribution >= 0.6 is 15.9 Å². The third kappa shape index (κ3) is 2.23. The van der Waals surface area contributed by atoms with E-state index >= 15 is 0 Å². The maximum Gasteiger partial charge on any atom is 0.337 e. The third-order valence-corrected chi connectivity index (χ3v) is 3.83. The number of halogens is 1. The van der Waals surface area contributed by atoms with Crippen molar-refractivity contribution < 1.29 is 24.5 Å². The molecule has 5 nitrogen and oxygen atoms in total. The van der Waals surface area contributed by atoms with E-state index in [4.69, 9.17) is 9.84 Å². The first-order valence-corrected chi connectivity index (χ1v) is 6.32. The zero-order valence-electron chi connectivity index (χ0n) is 10.1. The van der Waals surface area contributed by atoms with Gasteiger partial charge >= 0.3 is 11.9 Å². The average molecular weight is 327 g/mol. The number of carboxylic acids is 2. The predicted octanol–water partition coefficient (Wildman–Crippen LogP) is 2.33. The Balaban J connectivity index is 2.82. The Hall–Kier alpha value is -1.82. The van der Waals surface area contributed by atoms with Gasteiger partial charge in [0.2, 0.25) is 0 Å². The lowest BCUT2D eigenvalue weighted by Gasteiger charge is -2.22. The van der Waals surface area contributed by atoms with Gasteiger partial charge in [0, 0.05) is 10.0 Å². The van der Waals surface area contributed by atoms with E-state index < -0.39 is 11.9 Å². The lowest BCUT2D eigenvalue weighted by Crippen LogP contribution is -2.18. The number of benzene rings is 1. The van der Waals surface area contributed by atoms with Gasteiger partial charge in [-0.1, -0.05) is 15.9 Å². The number of carboxylic acid groups (broad SMARTS) is 2. The van der Waals surface area contributed by atoms with E-state index in [2.05, 4.69) is 15.9 Å². The summed E-state index contributed by atoms with van der Waals surface area (Å²) in [7, 11) is 1.43. The molecule has 6 heteroatoms. The molecule has 2 N–H and O–H groups in total. The van der Waals surface area contributed by atoms with E-state index in [1.807, 2.05) is 0 Å². The van der Waals surface area contributed by atoms with Crippen LogP contribution in [0.3, 0.4) is 0 Å². The Bertz CT molecular complexity index is 603. The number of ether oxygens (including phenoxy) is 1. The van der Waals surface area contributed by atoms with Crippen LogP contribution in [0.5, 0.6) is 5.75 Å². The van der Waals surface area contributed by atoms with Crippen LogP contribution in [0.15, 0.2) is 22.2 Å². The largest absolute Gasteiger partial charge is 0.496 e. The summed E-state index contributed by atoms with van der Waals surface area (Å²) >= 11 is 3.36. The lowest BCUT2D eigenvalue weighted by atomic mass is 9.85. The van der Waals surface area contributed by atoms with Gasteiger partial charge in [0.25, 0.3) is 0 Å². The van der Waals surface area contributed by atoms with E-state index in [-0.39, 0.29) is 17.6 Å². The molecule has 0 aliphatic heterocycles. The van der Waals surface area contributed by atoms with Crippen LogP contribution in [-0.4, -0.2) is 29.3 Å². The lowest BCUT2D eigenvalue weighted by molar-refractivity contribution is -0.134. The molecule has 1 aliphatic carbocycles. The first kappa shape index (κ1) is 13.6. The van der Waals surface area contributed by atoms with Gasteiger partial charge in [-0.05, 0) is 30.5 Å². The zero-order chi connectivity index (χ0) is 14.2. The van der Waals surface area contributed by atoms with Gasteiger partial charge in [-0.25, -0.2) is 9.59 Å². The predicted molar refractivity (Wildman–Crippen MR) is 71.2 cm³/mol. The Kier molecular flexibility index (Phi) is 3.61. The third-order valence-electron chi connectivity index (χ3n) is 3.09. The number of carbonyl (C=O) groups is 2. The average Bonchev–Trinajstić information content (AvgIpc) is 2.37. The van der Waals surface area contributed by atoms with Crippen molar-refractivity contribution in [1.82, 2.24) is 0 Å². The normalized spacial score (nSPS) is 14.0. The van der Waals surface area contributed by atoms with E-state index in [9.17, 15) is 14.7 Å². The van der Waals surface area contributed by atoms with Gasteiger partial charge in [-0.2, -0.15) is 0 Å². The molecule has 100 valence electrons. The quantitative estimate of drug-likeness (QED) is 0.890. The Morgan fingerprint density at radius 3 is 2.42 bits per heavy atom. The SMILES string of the molecule is COc1ccc(Br)c2c1C(C(=O)O)=C(C(=O)O)CC2. The molecule has 0 saturated carbocycles. The van der Waals surface area contributed by atoms with Crippen LogP contribution < -0.4 is 4.74 Å². The standard InChI is InChI=1S/C13H11BrO5/c1-19-9-5-4-8(14)6-2-3-7(12(15)16)11(10(6)9)13(17)18/h4-5H,2-3H2,1H3,(H,15,16)(H,17,18). The van der Waals surface area contributed by atoms with Crippen LogP contribution in [0, 0.1) is 0 Å². The van der Waals surface area contributed by atoms with Crippen molar-refractivity contribution in [3.05, 3.63) is 33.3 Å². The molecule has 19 heavy (non-hydrogen) atoms. The molecule has 2 rings (SSSR count). The molecule has 1 aromatic carbocycles. The van der Waals surface area contributed by atoms with Crippen LogP contribution in [0.1, 0.15) is 17.5 Å². The van der Waals surface area contributed by atoms with Crippen molar-refractivity contribution in [3.8, 4) is 5.75 Å². The van der Waals surface area contributed by atoms with Crippen molar-refractivity contribution in [2.45, 2.75) is 12.8 Å². The van der Waals surface area contributed by atoms with Crippen LogP contribution in [-0.2, 0) is 16.0 Å². The van der Waals surface area contributed by atoms with Gasteiger partial charge < -0.3 is 14.9 Å². The van der Waals surface area contributed by atoms with Crippen LogP contribution in [0.2, 0.25) is 0 Å². The summed E-state index contributed by atoms with van der Waals surface area (Å²) in [6.07, 6.45) is 0.654. The first-order valence-electron chi connectivity index (χ1n) is 5.52. The number of fused-ring (bicyclic) bond motifs is 1. The molecule has 0 saturated heterocycles. The number of rotatable bonds is 3. The summed E-state index contributed by atoms with van der Waals surface area (Å²) in [5, 5.41) is 18.5. The van der Waals surface area contributed by atoms with E-state index in [0.29, 0.717) is 17.7 Å². The smallest absolute Gasteiger partial charge is 0.337 e. The second kappa shape index (κ2) is 5.05. The van der Waals surface area contributed by atoms with Crippen molar-refractivity contribution in [3.63, 3.8) is 0 Å². The molecule has 0 spiro atoms. The fourth-order valence-electron chi connectivity index (χ4n) is 2.27. The second-order valence-corrected chi connectivity index (χ2v) is 4.92. The number of hydrogen-bond donors (Lipinski definition) is 2. The molecule has 0 heterocycles. The van der Waals surface area contributed by atoms with Gasteiger partial charge in [0.05, 0.1) is 18.3 Å². The fraction of sp³-hybridized carbons (Fsp3) is 0.231. The second-order valence-electron chi connectivity index (χ2n) is 4.07. The minimum absolute atomic E-state index is 0.0867. The number of methoxy groups -OCH3 is 1. The molecule has 0 fully saturated rings. The van der Waals surface area contributed by atoms with Gasteiger partial charge in [-0.15, -0.1) is 0 Å². The van der Waals surface area contributed by atoms with Crippen molar-refractivity contribution in [2.75, 3.05) is 7.11 Å². The summed E-state index contributed by atoms with van der Waals surface area (Å²) in [6.45, 7) is 0. The molecule has 0 aromatic heterocycles. The fourth-order valence-corrected chi connectivity index (χ4v) is 2.79. The summed E-state index contributed by atoms with van der Waals surface area (Å²) in [5.41, 5.74) is 0.845. The monoisotopic (exact) mass is 326 g/mol. The summed E-state index contributed by atoms with van der Waals surface area (Å²) in [4.78, 5) is 22.6. The van der Waals surface area contributed by atoms with Crippen molar-refractivity contribution in [2.24, 2.45) is 0 Å². The molecule has 1 aliphatic rings. The van der Waals surface area contributed by atoms with Crippen molar-refractivity contribution in [1.29, 1.82) is 0 Å². The highest BCUT2D eigenvalue weighted by atomic mass is 79.9. The van der Waals surface area contributed by atoms with Gasteiger partial charge in [0.15, 0.2) is 0 Å². The highest BCUT2D eigenvalue weighted by molar-refractivity contribution is 9.10. The van der Waals surface area contributed by atoms with E-state index in [1.165, 1.54) is 7.11 Å². The minimum Gasteiger partial charge on any atom is -0.496 e. The topological polar surface area (TPSA) is 83.8 Å². The zero-order valence-corrected chi connectivity index (χ0v) is 11.7. The molecule has 0 unspecified atom stereocenters. The molecule has 1 aromatic rings. The molecule has 0 amide bonds. The van der Waals surface area contributed by atoms with E-state index in [0.717, 1.165) is 10.0 Å². The number of hydrogen-bond acceptors (Lipinski definition) is 3. The molecular weight excluding hydrogens is 316 g/mol. The molecule has 0 bridgehead atoms. The molecular formula is C13H11BrO5. The Labute approximate surface area is 117 Å². The van der Waals surface area contributed by atoms with Crippen molar-refractivity contribution >= 4 is 33.4 Å². The summed E-state index contributed by atoms with van der Waals surface area (Å²) in [5.74, 6) is -2.09. The Morgan fingerprint density at radius 2 is 1.89 bits per heavy atom. The summed E-state index contributed by atoms with van der Waals surface area (Å²) < 4.78 is 5.92. The molecule has 0 radical (unpaired) electrons. The molecule has 0 atom stereocenters. The maximum absolute atomic E-state index is 11.4. The van der Waals surface area contributed by atoms with E-state index in [1.54, 1.807) is 12.1 Å². The first-order chi connectivity index (χ1) is 8.97. The van der Waals surface area contributed by atoms with Crippen LogP contribution in [0.4, 0.5) is 0 Å². The van der Waals surface area contributed by atoms with Gasteiger partial charge in [-0.3, -0.25) is 0 Å². The minimum atomic E-state index is -1.25. The maximum atomic E-state index is 11.4. The highest BCUT2D eigenvalue weighted by Crippen LogP contribution is 2.41. The number of aliphatic carboxylic acids is 2. The van der Waals surface area contributed by atoms with Gasteiger partial charge in [0.1, 0.15) is 5.75 Å². The van der Waals surface area contributed by atoms with Crippen LogP contribution in [0.25, 0.3) is 5.57 Å². The Morgan fingerprint density at radius 1 is 1.21 bits per heavy atom. The summed E-state index contributed by atoms with van der Waals surface area (Å²) in [6, 6.07) is 3.39.